The van der Waals surface area contributed by atoms with Crippen LogP contribution in [0.25, 0.3) is 0 Å². The quantitative estimate of drug-likeness (QED) is 0.871. The zero-order chi connectivity index (χ0) is 16.4. The lowest BCUT2D eigenvalue weighted by molar-refractivity contribution is 0.246. The highest BCUT2D eigenvalue weighted by molar-refractivity contribution is 5.55. The number of hydrogen-bond donors (Lipinski definition) is 2. The Morgan fingerprint density at radius 1 is 1.12 bits per heavy atom. The van der Waals surface area contributed by atoms with Gasteiger partial charge in [0.05, 0.1) is 11.4 Å². The SMILES string of the molecule is O=c1[nH]nc(CN2CCN(c3ccncc3)CC2)c2c1CCCN2. The molecule has 4 rings (SSSR count). The fraction of sp³-hybridized carbons (Fsp3) is 0.471. The van der Waals surface area contributed by atoms with Crippen molar-refractivity contribution in [2.24, 2.45) is 0 Å². The first-order valence-electron chi connectivity index (χ1n) is 8.53. The van der Waals surface area contributed by atoms with Crippen LogP contribution >= 0.6 is 0 Å². The summed E-state index contributed by atoms with van der Waals surface area (Å²) in [6.45, 7) is 5.64. The first-order chi connectivity index (χ1) is 11.8. The fourth-order valence-corrected chi connectivity index (χ4v) is 3.50. The molecule has 0 aliphatic carbocycles. The van der Waals surface area contributed by atoms with E-state index >= 15 is 0 Å². The number of fused-ring (bicyclic) bond motifs is 1. The van der Waals surface area contributed by atoms with E-state index in [4.69, 9.17) is 0 Å². The van der Waals surface area contributed by atoms with Crippen LogP contribution in [-0.2, 0) is 13.0 Å². The number of aromatic amines is 1. The minimum atomic E-state index is -0.0524. The van der Waals surface area contributed by atoms with Gasteiger partial charge in [-0.2, -0.15) is 5.10 Å². The van der Waals surface area contributed by atoms with Gasteiger partial charge in [0.15, 0.2) is 0 Å². The summed E-state index contributed by atoms with van der Waals surface area (Å²) < 4.78 is 0. The van der Waals surface area contributed by atoms with Crippen molar-refractivity contribution in [3.8, 4) is 0 Å². The van der Waals surface area contributed by atoms with Crippen LogP contribution in [0.1, 0.15) is 17.7 Å². The molecular weight excluding hydrogens is 304 g/mol. The second-order valence-electron chi connectivity index (χ2n) is 6.35. The van der Waals surface area contributed by atoms with Gasteiger partial charge in [-0.05, 0) is 25.0 Å². The Labute approximate surface area is 140 Å². The largest absolute Gasteiger partial charge is 0.383 e. The second kappa shape index (κ2) is 6.60. The molecule has 0 unspecified atom stereocenters. The van der Waals surface area contributed by atoms with E-state index in [0.29, 0.717) is 0 Å². The molecule has 0 radical (unpaired) electrons. The minimum absolute atomic E-state index is 0.0524. The van der Waals surface area contributed by atoms with E-state index in [1.165, 1.54) is 5.69 Å². The number of aromatic nitrogens is 3. The van der Waals surface area contributed by atoms with Crippen LogP contribution in [0.3, 0.4) is 0 Å². The van der Waals surface area contributed by atoms with Crippen LogP contribution in [0.5, 0.6) is 0 Å². The average molecular weight is 326 g/mol. The summed E-state index contributed by atoms with van der Waals surface area (Å²) in [4.78, 5) is 20.8. The van der Waals surface area contributed by atoms with Crippen molar-refractivity contribution in [2.45, 2.75) is 19.4 Å². The molecule has 2 aromatic rings. The first kappa shape index (κ1) is 15.1. The zero-order valence-corrected chi connectivity index (χ0v) is 13.7. The van der Waals surface area contributed by atoms with Crippen LogP contribution in [0.15, 0.2) is 29.3 Å². The Kier molecular flexibility index (Phi) is 4.17. The maximum absolute atomic E-state index is 11.9. The molecule has 24 heavy (non-hydrogen) atoms. The van der Waals surface area contributed by atoms with Crippen molar-refractivity contribution in [2.75, 3.05) is 42.9 Å². The third-order valence-corrected chi connectivity index (χ3v) is 4.84. The summed E-state index contributed by atoms with van der Waals surface area (Å²) in [5.41, 5.74) is 3.96. The lowest BCUT2D eigenvalue weighted by Gasteiger charge is -2.36. The van der Waals surface area contributed by atoms with E-state index in [2.05, 4.69) is 42.4 Å². The first-order valence-corrected chi connectivity index (χ1v) is 8.53. The normalized spacial score (nSPS) is 18.1. The van der Waals surface area contributed by atoms with Gasteiger partial charge in [-0.15, -0.1) is 0 Å². The number of nitrogens with zero attached hydrogens (tertiary/aromatic N) is 4. The molecule has 1 fully saturated rings. The van der Waals surface area contributed by atoms with Crippen LogP contribution in [0, 0.1) is 0 Å². The highest BCUT2D eigenvalue weighted by Crippen LogP contribution is 2.23. The third kappa shape index (κ3) is 2.99. The van der Waals surface area contributed by atoms with Gasteiger partial charge in [0.2, 0.25) is 0 Å². The maximum Gasteiger partial charge on any atom is 0.269 e. The smallest absolute Gasteiger partial charge is 0.269 e. The molecule has 2 aliphatic rings. The molecule has 4 heterocycles. The predicted octanol–water partition coefficient (Wildman–Crippen LogP) is 0.845. The van der Waals surface area contributed by atoms with Crippen molar-refractivity contribution >= 4 is 11.4 Å². The Hall–Kier alpha value is -2.41. The molecule has 0 saturated carbocycles. The Morgan fingerprint density at radius 2 is 1.92 bits per heavy atom. The van der Waals surface area contributed by atoms with Crippen molar-refractivity contribution in [3.05, 3.63) is 46.1 Å². The Balaban J connectivity index is 1.44. The van der Waals surface area contributed by atoms with E-state index in [1.807, 2.05) is 12.4 Å². The molecule has 0 aromatic carbocycles. The summed E-state index contributed by atoms with van der Waals surface area (Å²) >= 11 is 0. The van der Waals surface area contributed by atoms with Gasteiger partial charge in [0.25, 0.3) is 5.56 Å². The van der Waals surface area contributed by atoms with Crippen molar-refractivity contribution < 1.29 is 0 Å². The molecular formula is C17H22N6O. The highest BCUT2D eigenvalue weighted by Gasteiger charge is 2.22. The summed E-state index contributed by atoms with van der Waals surface area (Å²) in [5.74, 6) is 0. The number of rotatable bonds is 3. The lowest BCUT2D eigenvalue weighted by atomic mass is 10.0. The average Bonchev–Trinajstić information content (AvgIpc) is 2.66. The molecule has 0 amide bonds. The van der Waals surface area contributed by atoms with E-state index in [-0.39, 0.29) is 5.56 Å². The molecule has 2 aromatic heterocycles. The number of hydrogen-bond acceptors (Lipinski definition) is 6. The molecule has 1 saturated heterocycles. The Bertz CT molecular complexity index is 751. The van der Waals surface area contributed by atoms with Crippen molar-refractivity contribution in [1.82, 2.24) is 20.1 Å². The van der Waals surface area contributed by atoms with Crippen LogP contribution in [0.2, 0.25) is 0 Å². The van der Waals surface area contributed by atoms with Crippen molar-refractivity contribution in [3.63, 3.8) is 0 Å². The molecule has 0 atom stereocenters. The van der Waals surface area contributed by atoms with Gasteiger partial charge in [-0.3, -0.25) is 14.7 Å². The molecule has 126 valence electrons. The van der Waals surface area contributed by atoms with Gasteiger partial charge >= 0.3 is 0 Å². The molecule has 0 spiro atoms. The van der Waals surface area contributed by atoms with Gasteiger partial charge in [-0.25, -0.2) is 5.10 Å². The van der Waals surface area contributed by atoms with E-state index in [1.54, 1.807) is 0 Å². The monoisotopic (exact) mass is 326 g/mol. The molecule has 7 nitrogen and oxygen atoms in total. The summed E-state index contributed by atoms with van der Waals surface area (Å²) in [7, 11) is 0. The van der Waals surface area contributed by atoms with E-state index < -0.39 is 0 Å². The predicted molar refractivity (Wildman–Crippen MR) is 93.4 cm³/mol. The molecule has 7 heteroatoms. The number of pyridine rings is 1. The van der Waals surface area contributed by atoms with Crippen LogP contribution in [0.4, 0.5) is 11.4 Å². The van der Waals surface area contributed by atoms with Gasteiger partial charge in [-0.1, -0.05) is 0 Å². The molecule has 0 bridgehead atoms. The number of H-pyrrole nitrogens is 1. The van der Waals surface area contributed by atoms with E-state index in [9.17, 15) is 4.79 Å². The Morgan fingerprint density at radius 3 is 2.71 bits per heavy atom. The van der Waals surface area contributed by atoms with Crippen LogP contribution < -0.4 is 15.8 Å². The standard InChI is InChI=1S/C17H22N6O/c24-17-14-2-1-5-19-16(14)15(20-21-17)12-22-8-10-23(11-9-22)13-3-6-18-7-4-13/h3-4,6-7,19H,1-2,5,8-12H2,(H,21,24). The zero-order valence-electron chi connectivity index (χ0n) is 13.7. The molecule has 2 N–H and O–H groups in total. The summed E-state index contributed by atoms with van der Waals surface area (Å²) in [6.07, 6.45) is 5.51. The summed E-state index contributed by atoms with van der Waals surface area (Å²) in [5, 5.41) is 10.3. The second-order valence-corrected chi connectivity index (χ2v) is 6.35. The minimum Gasteiger partial charge on any atom is -0.383 e. The third-order valence-electron chi connectivity index (χ3n) is 4.84. The lowest BCUT2D eigenvalue weighted by Crippen LogP contribution is -2.46. The highest BCUT2D eigenvalue weighted by atomic mass is 16.1. The number of nitrogens with one attached hydrogen (secondary N) is 2. The topological polar surface area (TPSA) is 77.2 Å². The number of anilines is 2. The van der Waals surface area contributed by atoms with Gasteiger partial charge in [0, 0.05) is 62.9 Å². The van der Waals surface area contributed by atoms with Crippen molar-refractivity contribution in [1.29, 1.82) is 0 Å². The fourth-order valence-electron chi connectivity index (χ4n) is 3.50. The van der Waals surface area contributed by atoms with Gasteiger partial charge in [0.1, 0.15) is 0 Å². The molecule has 2 aliphatic heterocycles. The maximum atomic E-state index is 11.9. The van der Waals surface area contributed by atoms with E-state index in [0.717, 1.165) is 69.1 Å². The number of piperazine rings is 1. The van der Waals surface area contributed by atoms with Crippen LogP contribution in [-0.4, -0.2) is 52.8 Å². The summed E-state index contributed by atoms with van der Waals surface area (Å²) in [6, 6.07) is 4.11. The van der Waals surface area contributed by atoms with Gasteiger partial charge < -0.3 is 10.2 Å².